The Morgan fingerprint density at radius 2 is 2.00 bits per heavy atom. The topological polar surface area (TPSA) is 22.1 Å². The molecule has 2 nitrogen and oxygen atoms in total. The fourth-order valence-electron chi connectivity index (χ4n) is 1.94. The molecule has 0 N–H and O–H groups in total. The maximum absolute atomic E-state index is 5.57. The average Bonchev–Trinajstić information content (AvgIpc) is 2.28. The van der Waals surface area contributed by atoms with Crippen LogP contribution in [-0.2, 0) is 5.41 Å². The van der Waals surface area contributed by atoms with Crippen molar-refractivity contribution in [3.05, 3.63) is 33.5 Å². The molecule has 0 aliphatic heterocycles. The molecule has 0 saturated heterocycles. The first-order valence-corrected chi connectivity index (χ1v) is 6.64. The van der Waals surface area contributed by atoms with Crippen LogP contribution in [0.5, 0.6) is 5.75 Å². The molecule has 0 bridgehead atoms. The van der Waals surface area contributed by atoms with Crippen molar-refractivity contribution >= 4 is 33.5 Å². The normalized spacial score (nSPS) is 11.8. The number of nitrogens with zero attached hydrogens (tertiary/aromatic N) is 1. The fraction of sp³-hybridized carbons (Fsp3) is 0.357. The van der Waals surface area contributed by atoms with E-state index in [2.05, 4.69) is 60.5 Å². The van der Waals surface area contributed by atoms with Gasteiger partial charge in [0.15, 0.2) is 0 Å². The van der Waals surface area contributed by atoms with E-state index in [0.29, 0.717) is 0 Å². The lowest BCUT2D eigenvalue weighted by atomic mass is 9.85. The zero-order valence-corrected chi connectivity index (χ0v) is 12.7. The number of halogens is 1. The number of hydrogen-bond acceptors (Lipinski definition) is 2. The second kappa shape index (κ2) is 4.44. The monoisotopic (exact) mass is 341 g/mol. The number of rotatable bonds is 1. The standard InChI is InChI=1S/C14H16INO/c1-14(2,3)10-8-11(15)9-6-5-7-16-12(9)13(10)17-4/h5-8H,1-4H3. The number of pyridine rings is 1. The second-order valence-electron chi connectivity index (χ2n) is 5.09. The lowest BCUT2D eigenvalue weighted by molar-refractivity contribution is 0.401. The summed E-state index contributed by atoms with van der Waals surface area (Å²) >= 11 is 2.36. The van der Waals surface area contributed by atoms with Gasteiger partial charge in [0.2, 0.25) is 0 Å². The van der Waals surface area contributed by atoms with E-state index in [9.17, 15) is 0 Å². The van der Waals surface area contributed by atoms with E-state index in [1.165, 1.54) is 9.13 Å². The number of fused-ring (bicyclic) bond motifs is 1. The van der Waals surface area contributed by atoms with Crippen LogP contribution < -0.4 is 4.74 Å². The Kier molecular flexibility index (Phi) is 3.30. The summed E-state index contributed by atoms with van der Waals surface area (Å²) < 4.78 is 6.79. The van der Waals surface area contributed by atoms with E-state index in [1.807, 2.05) is 12.3 Å². The van der Waals surface area contributed by atoms with Crippen LogP contribution in [0.4, 0.5) is 0 Å². The SMILES string of the molecule is COc1c(C(C)(C)C)cc(I)c2cccnc12. The lowest BCUT2D eigenvalue weighted by Crippen LogP contribution is -2.13. The molecule has 0 aliphatic carbocycles. The Morgan fingerprint density at radius 1 is 1.29 bits per heavy atom. The van der Waals surface area contributed by atoms with Crippen LogP contribution in [0, 0.1) is 3.57 Å². The highest BCUT2D eigenvalue weighted by Crippen LogP contribution is 2.38. The number of hydrogen-bond donors (Lipinski definition) is 0. The number of aromatic nitrogens is 1. The lowest BCUT2D eigenvalue weighted by Gasteiger charge is -2.23. The molecular formula is C14H16INO. The third kappa shape index (κ3) is 2.25. The molecule has 2 rings (SSSR count). The molecule has 0 radical (unpaired) electrons. The van der Waals surface area contributed by atoms with Gasteiger partial charge in [0.25, 0.3) is 0 Å². The summed E-state index contributed by atoms with van der Waals surface area (Å²) in [6.45, 7) is 6.57. The van der Waals surface area contributed by atoms with Crippen LogP contribution in [0.3, 0.4) is 0 Å². The van der Waals surface area contributed by atoms with E-state index in [-0.39, 0.29) is 5.41 Å². The van der Waals surface area contributed by atoms with Crippen molar-refractivity contribution < 1.29 is 4.74 Å². The van der Waals surface area contributed by atoms with Crippen molar-refractivity contribution in [1.29, 1.82) is 0 Å². The molecule has 0 spiro atoms. The molecule has 3 heteroatoms. The van der Waals surface area contributed by atoms with E-state index in [4.69, 9.17) is 4.74 Å². The van der Waals surface area contributed by atoms with Crippen molar-refractivity contribution in [3.63, 3.8) is 0 Å². The molecule has 0 fully saturated rings. The molecular weight excluding hydrogens is 325 g/mol. The van der Waals surface area contributed by atoms with Crippen LogP contribution in [0.15, 0.2) is 24.4 Å². The second-order valence-corrected chi connectivity index (χ2v) is 6.25. The van der Waals surface area contributed by atoms with Gasteiger partial charge in [-0.2, -0.15) is 0 Å². The first-order chi connectivity index (χ1) is 7.95. The van der Waals surface area contributed by atoms with Crippen LogP contribution in [0.1, 0.15) is 26.3 Å². The number of methoxy groups -OCH3 is 1. The molecule has 1 aromatic heterocycles. The Hall–Kier alpha value is -0.840. The summed E-state index contributed by atoms with van der Waals surface area (Å²) in [4.78, 5) is 4.46. The van der Waals surface area contributed by atoms with Crippen molar-refractivity contribution in [3.8, 4) is 5.75 Å². The minimum Gasteiger partial charge on any atom is -0.494 e. The molecule has 0 amide bonds. The van der Waals surface area contributed by atoms with Crippen molar-refractivity contribution in [2.45, 2.75) is 26.2 Å². The minimum atomic E-state index is 0.0526. The number of benzene rings is 1. The Balaban J connectivity index is 2.88. The zero-order valence-electron chi connectivity index (χ0n) is 10.5. The summed E-state index contributed by atoms with van der Waals surface area (Å²) in [7, 11) is 1.71. The van der Waals surface area contributed by atoms with Crippen molar-refractivity contribution in [2.24, 2.45) is 0 Å². The predicted molar refractivity (Wildman–Crippen MR) is 79.7 cm³/mol. The molecule has 1 aromatic carbocycles. The first kappa shape index (κ1) is 12.6. The van der Waals surface area contributed by atoms with Gasteiger partial charge in [-0.1, -0.05) is 26.8 Å². The van der Waals surface area contributed by atoms with Gasteiger partial charge in [0.1, 0.15) is 11.3 Å². The van der Waals surface area contributed by atoms with Gasteiger partial charge in [-0.3, -0.25) is 4.98 Å². The molecule has 1 heterocycles. The Labute approximate surface area is 116 Å². The van der Waals surface area contributed by atoms with E-state index in [1.54, 1.807) is 7.11 Å². The quantitative estimate of drug-likeness (QED) is 0.727. The Bertz CT molecular complexity index is 558. The van der Waals surface area contributed by atoms with Crippen LogP contribution in [0.2, 0.25) is 0 Å². The maximum Gasteiger partial charge on any atom is 0.148 e. The minimum absolute atomic E-state index is 0.0526. The maximum atomic E-state index is 5.57. The molecule has 0 aliphatic rings. The third-order valence-electron chi connectivity index (χ3n) is 2.81. The van der Waals surface area contributed by atoms with Gasteiger partial charge < -0.3 is 4.74 Å². The molecule has 90 valence electrons. The van der Waals surface area contributed by atoms with Crippen molar-refractivity contribution in [2.75, 3.05) is 7.11 Å². The highest BCUT2D eigenvalue weighted by molar-refractivity contribution is 14.1. The highest BCUT2D eigenvalue weighted by Gasteiger charge is 2.22. The molecule has 0 atom stereocenters. The van der Waals surface area contributed by atoms with Crippen LogP contribution in [0.25, 0.3) is 10.9 Å². The largest absolute Gasteiger partial charge is 0.494 e. The van der Waals surface area contributed by atoms with Gasteiger partial charge in [-0.15, -0.1) is 0 Å². The summed E-state index contributed by atoms with van der Waals surface area (Å²) in [6, 6.07) is 6.24. The summed E-state index contributed by atoms with van der Waals surface area (Å²) in [6.07, 6.45) is 1.81. The van der Waals surface area contributed by atoms with Gasteiger partial charge in [-0.05, 0) is 40.1 Å². The third-order valence-corrected chi connectivity index (χ3v) is 3.70. The molecule has 0 saturated carbocycles. The fourth-order valence-corrected chi connectivity index (χ4v) is 2.69. The summed E-state index contributed by atoms with van der Waals surface area (Å²) in [5.41, 5.74) is 2.21. The highest BCUT2D eigenvalue weighted by atomic mass is 127. The smallest absolute Gasteiger partial charge is 0.148 e. The van der Waals surface area contributed by atoms with Crippen LogP contribution in [-0.4, -0.2) is 12.1 Å². The van der Waals surface area contributed by atoms with Gasteiger partial charge in [0.05, 0.1) is 7.11 Å². The van der Waals surface area contributed by atoms with E-state index in [0.717, 1.165) is 16.7 Å². The van der Waals surface area contributed by atoms with Crippen LogP contribution >= 0.6 is 22.6 Å². The average molecular weight is 341 g/mol. The Morgan fingerprint density at radius 3 is 2.59 bits per heavy atom. The first-order valence-electron chi connectivity index (χ1n) is 5.57. The molecule has 17 heavy (non-hydrogen) atoms. The van der Waals surface area contributed by atoms with Gasteiger partial charge in [-0.25, -0.2) is 0 Å². The van der Waals surface area contributed by atoms with Crippen molar-refractivity contribution in [1.82, 2.24) is 4.98 Å². The van der Waals surface area contributed by atoms with E-state index >= 15 is 0 Å². The zero-order chi connectivity index (χ0) is 12.6. The summed E-state index contributed by atoms with van der Waals surface area (Å²) in [5, 5.41) is 1.15. The van der Waals surface area contributed by atoms with Gasteiger partial charge in [0, 0.05) is 20.7 Å². The van der Waals surface area contributed by atoms with Gasteiger partial charge >= 0.3 is 0 Å². The van der Waals surface area contributed by atoms with E-state index < -0.39 is 0 Å². The predicted octanol–water partition coefficient (Wildman–Crippen LogP) is 4.15. The summed E-state index contributed by atoms with van der Waals surface area (Å²) in [5.74, 6) is 0.897. The molecule has 2 aromatic rings. The molecule has 0 unspecified atom stereocenters. The number of ether oxygens (including phenoxy) is 1.